The average molecular weight is 421 g/mol. The molecule has 0 fully saturated rings. The van der Waals surface area contributed by atoms with Gasteiger partial charge < -0.3 is 10.1 Å². The van der Waals surface area contributed by atoms with Crippen LogP contribution in [0.3, 0.4) is 0 Å². The molecule has 0 saturated carbocycles. The van der Waals surface area contributed by atoms with Crippen molar-refractivity contribution in [2.75, 3.05) is 5.32 Å². The lowest BCUT2D eigenvalue weighted by molar-refractivity contribution is -0.0504. The summed E-state index contributed by atoms with van der Waals surface area (Å²) in [5, 5.41) is 3.21. The second kappa shape index (κ2) is 7.22. The number of hydrogen-bond donors (Lipinski definition) is 1. The molecule has 0 bridgehead atoms. The van der Waals surface area contributed by atoms with Gasteiger partial charge in [0.15, 0.2) is 0 Å². The summed E-state index contributed by atoms with van der Waals surface area (Å²) >= 11 is 6.76. The van der Waals surface area contributed by atoms with E-state index in [9.17, 15) is 8.78 Å². The lowest BCUT2D eigenvalue weighted by Gasteiger charge is -2.13. The van der Waals surface area contributed by atoms with E-state index in [1.807, 2.05) is 25.1 Å². The molecule has 0 unspecified atom stereocenters. The maximum Gasteiger partial charge on any atom is 0.387 e. The maximum atomic E-state index is 12.4. The molecule has 0 radical (unpaired) electrons. The summed E-state index contributed by atoms with van der Waals surface area (Å²) in [6.45, 7) is -0.462. The number of alkyl halides is 2. The summed E-state index contributed by atoms with van der Waals surface area (Å²) in [5.74, 6) is 0.174. The lowest BCUT2D eigenvalue weighted by Crippen LogP contribution is -2.07. The first-order chi connectivity index (χ1) is 9.94. The van der Waals surface area contributed by atoms with Gasteiger partial charge in [-0.05, 0) is 48.9 Å². The third kappa shape index (κ3) is 4.97. The van der Waals surface area contributed by atoms with Crippen molar-refractivity contribution in [2.24, 2.45) is 0 Å². The highest BCUT2D eigenvalue weighted by molar-refractivity contribution is 9.10. The highest BCUT2D eigenvalue weighted by Crippen LogP contribution is 2.26. The molecule has 6 heteroatoms. The Balaban J connectivity index is 2.16. The van der Waals surface area contributed by atoms with E-state index >= 15 is 0 Å². The van der Waals surface area contributed by atoms with Gasteiger partial charge in [0.1, 0.15) is 5.75 Å². The SMILES string of the molecule is Cc1cc(Br)cc(NCc2cc(Br)ccc2OC(F)F)c1. The third-order valence-electron chi connectivity index (χ3n) is 2.76. The minimum Gasteiger partial charge on any atom is -0.434 e. The molecule has 0 amide bonds. The Morgan fingerprint density at radius 1 is 1.10 bits per heavy atom. The van der Waals surface area contributed by atoms with Crippen molar-refractivity contribution >= 4 is 37.5 Å². The minimum absolute atomic E-state index is 0.174. The van der Waals surface area contributed by atoms with Crippen molar-refractivity contribution in [1.82, 2.24) is 0 Å². The van der Waals surface area contributed by atoms with Crippen LogP contribution in [-0.4, -0.2) is 6.61 Å². The predicted octanol–water partition coefficient (Wildman–Crippen LogP) is 5.73. The molecule has 1 N–H and O–H groups in total. The van der Waals surface area contributed by atoms with E-state index in [1.54, 1.807) is 12.1 Å². The summed E-state index contributed by atoms with van der Waals surface area (Å²) < 4.78 is 31.1. The van der Waals surface area contributed by atoms with Crippen LogP contribution < -0.4 is 10.1 Å². The van der Waals surface area contributed by atoms with Crippen molar-refractivity contribution in [3.8, 4) is 5.75 Å². The molecule has 0 heterocycles. The van der Waals surface area contributed by atoms with Crippen LogP contribution in [0.25, 0.3) is 0 Å². The first kappa shape index (κ1) is 16.2. The van der Waals surface area contributed by atoms with Gasteiger partial charge in [0.25, 0.3) is 0 Å². The predicted molar refractivity (Wildman–Crippen MR) is 87.0 cm³/mol. The maximum absolute atomic E-state index is 12.4. The molecule has 21 heavy (non-hydrogen) atoms. The average Bonchev–Trinajstić information content (AvgIpc) is 2.37. The Morgan fingerprint density at radius 2 is 1.86 bits per heavy atom. The molecular weight excluding hydrogens is 408 g/mol. The highest BCUT2D eigenvalue weighted by Gasteiger charge is 2.10. The number of ether oxygens (including phenoxy) is 1. The molecule has 0 atom stereocenters. The second-order valence-corrected chi connectivity index (χ2v) is 6.33. The van der Waals surface area contributed by atoms with Crippen molar-refractivity contribution in [2.45, 2.75) is 20.1 Å². The zero-order valence-corrected chi connectivity index (χ0v) is 14.3. The normalized spacial score (nSPS) is 10.8. The van der Waals surface area contributed by atoms with Crippen LogP contribution in [0.15, 0.2) is 45.3 Å². The summed E-state index contributed by atoms with van der Waals surface area (Å²) in [5.41, 5.74) is 2.66. The summed E-state index contributed by atoms with van der Waals surface area (Å²) in [7, 11) is 0. The Hall–Kier alpha value is -1.14. The third-order valence-corrected chi connectivity index (χ3v) is 3.71. The minimum atomic E-state index is -2.84. The van der Waals surface area contributed by atoms with Gasteiger partial charge in [0, 0.05) is 26.7 Å². The van der Waals surface area contributed by atoms with Gasteiger partial charge in [0.05, 0.1) is 0 Å². The molecule has 0 aromatic heterocycles. The van der Waals surface area contributed by atoms with Gasteiger partial charge >= 0.3 is 6.61 Å². The molecule has 0 saturated heterocycles. The van der Waals surface area contributed by atoms with Crippen molar-refractivity contribution in [1.29, 1.82) is 0 Å². The van der Waals surface area contributed by atoms with Crippen LogP contribution in [0, 0.1) is 6.92 Å². The van der Waals surface area contributed by atoms with Gasteiger partial charge in [-0.25, -0.2) is 0 Å². The number of anilines is 1. The second-order valence-electron chi connectivity index (χ2n) is 4.50. The number of halogens is 4. The van der Waals surface area contributed by atoms with Crippen LogP contribution in [0.4, 0.5) is 14.5 Å². The standard InChI is InChI=1S/C15H13Br2F2NO/c1-9-4-12(17)7-13(5-9)20-8-10-6-11(16)2-3-14(10)21-15(18)19/h2-7,15,20H,8H2,1H3. The first-order valence-electron chi connectivity index (χ1n) is 6.18. The molecule has 0 spiro atoms. The molecule has 2 rings (SSSR count). The van der Waals surface area contributed by atoms with Crippen LogP contribution in [0.2, 0.25) is 0 Å². The summed E-state index contributed by atoms with van der Waals surface area (Å²) in [6, 6.07) is 10.9. The Kier molecular flexibility index (Phi) is 5.58. The zero-order valence-electron chi connectivity index (χ0n) is 11.2. The Labute approximate surface area is 138 Å². The summed E-state index contributed by atoms with van der Waals surface area (Å²) in [4.78, 5) is 0. The van der Waals surface area contributed by atoms with Crippen LogP contribution >= 0.6 is 31.9 Å². The topological polar surface area (TPSA) is 21.3 Å². The fraction of sp³-hybridized carbons (Fsp3) is 0.200. The van der Waals surface area contributed by atoms with E-state index in [-0.39, 0.29) is 5.75 Å². The van der Waals surface area contributed by atoms with E-state index in [1.165, 1.54) is 6.07 Å². The Bertz CT molecular complexity index is 615. The number of benzene rings is 2. The van der Waals surface area contributed by atoms with Gasteiger partial charge in [0.2, 0.25) is 0 Å². The summed E-state index contributed by atoms with van der Waals surface area (Å²) in [6.07, 6.45) is 0. The number of hydrogen-bond acceptors (Lipinski definition) is 2. The molecule has 0 aliphatic carbocycles. The van der Waals surface area contributed by atoms with E-state index in [0.29, 0.717) is 12.1 Å². The van der Waals surface area contributed by atoms with Crippen LogP contribution in [0.1, 0.15) is 11.1 Å². The molecule has 0 aliphatic heterocycles. The first-order valence-corrected chi connectivity index (χ1v) is 7.77. The van der Waals surface area contributed by atoms with Crippen LogP contribution in [-0.2, 0) is 6.54 Å². The highest BCUT2D eigenvalue weighted by atomic mass is 79.9. The monoisotopic (exact) mass is 419 g/mol. The lowest BCUT2D eigenvalue weighted by atomic mass is 10.2. The molecule has 0 aliphatic rings. The fourth-order valence-electron chi connectivity index (χ4n) is 1.93. The molecular formula is C15H13Br2F2NO. The molecule has 112 valence electrons. The number of rotatable bonds is 5. The zero-order chi connectivity index (χ0) is 15.4. The number of nitrogens with one attached hydrogen (secondary N) is 1. The van der Waals surface area contributed by atoms with Gasteiger partial charge in [-0.15, -0.1) is 0 Å². The van der Waals surface area contributed by atoms with Gasteiger partial charge in [-0.1, -0.05) is 31.9 Å². The van der Waals surface area contributed by atoms with Crippen LogP contribution in [0.5, 0.6) is 5.75 Å². The molecule has 2 aromatic rings. The van der Waals surface area contributed by atoms with Crippen molar-refractivity contribution in [3.63, 3.8) is 0 Å². The van der Waals surface area contributed by atoms with E-state index < -0.39 is 6.61 Å². The van der Waals surface area contributed by atoms with Gasteiger partial charge in [-0.2, -0.15) is 8.78 Å². The van der Waals surface area contributed by atoms with Crippen molar-refractivity contribution in [3.05, 3.63) is 56.5 Å². The van der Waals surface area contributed by atoms with Crippen molar-refractivity contribution < 1.29 is 13.5 Å². The van der Waals surface area contributed by atoms with E-state index in [4.69, 9.17) is 0 Å². The smallest absolute Gasteiger partial charge is 0.387 e. The van der Waals surface area contributed by atoms with E-state index in [0.717, 1.165) is 20.2 Å². The molecule has 2 nitrogen and oxygen atoms in total. The quantitative estimate of drug-likeness (QED) is 0.666. The Morgan fingerprint density at radius 3 is 2.52 bits per heavy atom. The van der Waals surface area contributed by atoms with E-state index in [2.05, 4.69) is 41.9 Å². The van der Waals surface area contributed by atoms with Gasteiger partial charge in [-0.3, -0.25) is 0 Å². The fourth-order valence-corrected chi connectivity index (χ4v) is 2.95. The largest absolute Gasteiger partial charge is 0.434 e. The number of aryl methyl sites for hydroxylation is 1. The molecule has 2 aromatic carbocycles.